The van der Waals surface area contributed by atoms with Crippen LogP contribution in [0.1, 0.15) is 0 Å². The normalized spacial score (nSPS) is 10.6. The van der Waals surface area contributed by atoms with Crippen LogP contribution in [0.5, 0.6) is 11.5 Å². The van der Waals surface area contributed by atoms with Gasteiger partial charge in [0.1, 0.15) is 11.5 Å². The average Bonchev–Trinajstić information content (AvgIpc) is 2.46. The van der Waals surface area contributed by atoms with E-state index in [1.165, 1.54) is 10.8 Å². The first-order valence-electron chi connectivity index (χ1n) is 6.13. The molecule has 0 saturated carbocycles. The molecule has 0 fully saturated rings. The van der Waals surface area contributed by atoms with Crippen LogP contribution in [0.15, 0.2) is 60.7 Å². The number of fused-ring (bicyclic) bond motifs is 1. The summed E-state index contributed by atoms with van der Waals surface area (Å²) in [6.45, 7) is 0. The van der Waals surface area contributed by atoms with Crippen LogP contribution in [0.25, 0.3) is 21.9 Å². The summed E-state index contributed by atoms with van der Waals surface area (Å²) < 4.78 is 5.18. The molecule has 2 heteroatoms. The van der Waals surface area contributed by atoms with Crippen LogP contribution in [0, 0.1) is 0 Å². The Bertz CT molecular complexity index is 732. The smallest absolute Gasteiger partial charge is 0.123 e. The van der Waals surface area contributed by atoms with Gasteiger partial charge in [-0.25, -0.2) is 0 Å². The summed E-state index contributed by atoms with van der Waals surface area (Å²) >= 11 is 0. The van der Waals surface area contributed by atoms with Gasteiger partial charge in [-0.2, -0.15) is 0 Å². The van der Waals surface area contributed by atoms with Crippen LogP contribution in [0.2, 0.25) is 0 Å². The van der Waals surface area contributed by atoms with Gasteiger partial charge >= 0.3 is 0 Å². The number of hydrogen-bond acceptors (Lipinski definition) is 2. The van der Waals surface area contributed by atoms with Gasteiger partial charge in [0.25, 0.3) is 0 Å². The van der Waals surface area contributed by atoms with Crippen molar-refractivity contribution in [2.45, 2.75) is 0 Å². The van der Waals surface area contributed by atoms with Crippen LogP contribution < -0.4 is 4.74 Å². The van der Waals surface area contributed by atoms with Gasteiger partial charge in [0.05, 0.1) is 7.11 Å². The summed E-state index contributed by atoms with van der Waals surface area (Å²) in [6, 6.07) is 19.7. The first-order valence-corrected chi connectivity index (χ1v) is 6.13. The average molecular weight is 250 g/mol. The highest BCUT2D eigenvalue weighted by molar-refractivity contribution is 5.87. The van der Waals surface area contributed by atoms with Gasteiger partial charge in [-0.3, -0.25) is 0 Å². The van der Waals surface area contributed by atoms with E-state index in [1.807, 2.05) is 18.2 Å². The Kier molecular flexibility index (Phi) is 2.84. The lowest BCUT2D eigenvalue weighted by Gasteiger charge is -2.07. The van der Waals surface area contributed by atoms with Crippen molar-refractivity contribution in [3.05, 3.63) is 60.7 Å². The Hall–Kier alpha value is -2.48. The van der Waals surface area contributed by atoms with Gasteiger partial charge in [0.15, 0.2) is 0 Å². The van der Waals surface area contributed by atoms with E-state index in [0.717, 1.165) is 11.1 Å². The molecule has 0 heterocycles. The molecule has 0 bridgehead atoms. The van der Waals surface area contributed by atoms with Gasteiger partial charge in [-0.05, 0) is 40.1 Å². The molecule has 0 aliphatic rings. The monoisotopic (exact) mass is 250 g/mol. The minimum Gasteiger partial charge on any atom is -0.508 e. The molecule has 0 spiro atoms. The SMILES string of the molecule is COc1cc(O)cc(-c2ccc3ccccc3c2)c1. The molecular weight excluding hydrogens is 236 g/mol. The van der Waals surface area contributed by atoms with E-state index >= 15 is 0 Å². The first-order chi connectivity index (χ1) is 9.26. The quantitative estimate of drug-likeness (QED) is 0.737. The lowest BCUT2D eigenvalue weighted by molar-refractivity contribution is 0.408. The topological polar surface area (TPSA) is 29.5 Å². The van der Waals surface area contributed by atoms with Crippen molar-refractivity contribution in [3.63, 3.8) is 0 Å². The Morgan fingerprint density at radius 1 is 0.789 bits per heavy atom. The minimum atomic E-state index is 0.211. The molecular formula is C17H14O2. The second-order valence-electron chi connectivity index (χ2n) is 4.48. The molecule has 0 aliphatic carbocycles. The highest BCUT2D eigenvalue weighted by atomic mass is 16.5. The number of rotatable bonds is 2. The van der Waals surface area contributed by atoms with Crippen molar-refractivity contribution < 1.29 is 9.84 Å². The highest BCUT2D eigenvalue weighted by Gasteiger charge is 2.04. The summed E-state index contributed by atoms with van der Waals surface area (Å²) in [5, 5.41) is 12.1. The number of methoxy groups -OCH3 is 1. The summed E-state index contributed by atoms with van der Waals surface area (Å²) in [5.74, 6) is 0.866. The maximum atomic E-state index is 9.72. The summed E-state index contributed by atoms with van der Waals surface area (Å²) in [6.07, 6.45) is 0. The molecule has 2 nitrogen and oxygen atoms in total. The van der Waals surface area contributed by atoms with Crippen molar-refractivity contribution in [3.8, 4) is 22.6 Å². The Morgan fingerprint density at radius 2 is 1.58 bits per heavy atom. The zero-order valence-corrected chi connectivity index (χ0v) is 10.6. The maximum Gasteiger partial charge on any atom is 0.123 e. The fourth-order valence-corrected chi connectivity index (χ4v) is 2.24. The lowest BCUT2D eigenvalue weighted by Crippen LogP contribution is -1.85. The molecule has 3 aromatic rings. The Balaban J connectivity index is 2.15. The molecule has 0 unspecified atom stereocenters. The van der Waals surface area contributed by atoms with Crippen LogP contribution in [-0.4, -0.2) is 12.2 Å². The second-order valence-corrected chi connectivity index (χ2v) is 4.48. The molecule has 3 aromatic carbocycles. The molecule has 0 aliphatic heterocycles. The van der Waals surface area contributed by atoms with Crippen molar-refractivity contribution in [2.24, 2.45) is 0 Å². The van der Waals surface area contributed by atoms with E-state index in [0.29, 0.717) is 5.75 Å². The standard InChI is InChI=1S/C17H14O2/c1-19-17-10-15(9-16(18)11-17)14-7-6-12-4-2-3-5-13(12)8-14/h2-11,18H,1H3. The molecule has 1 N–H and O–H groups in total. The molecule has 0 aromatic heterocycles. The van der Waals surface area contributed by atoms with Crippen LogP contribution in [0.3, 0.4) is 0 Å². The third-order valence-electron chi connectivity index (χ3n) is 3.21. The fourth-order valence-electron chi connectivity index (χ4n) is 2.24. The van der Waals surface area contributed by atoms with Gasteiger partial charge < -0.3 is 9.84 Å². The first kappa shape index (κ1) is 11.6. The van der Waals surface area contributed by atoms with Crippen molar-refractivity contribution >= 4 is 10.8 Å². The van der Waals surface area contributed by atoms with Crippen LogP contribution in [0.4, 0.5) is 0 Å². The molecule has 94 valence electrons. The largest absolute Gasteiger partial charge is 0.508 e. The summed E-state index contributed by atoms with van der Waals surface area (Å²) in [5.41, 5.74) is 2.01. The van der Waals surface area contributed by atoms with E-state index in [2.05, 4.69) is 30.3 Å². The Labute approximate surface area is 111 Å². The van der Waals surface area contributed by atoms with Crippen molar-refractivity contribution in [2.75, 3.05) is 7.11 Å². The van der Waals surface area contributed by atoms with E-state index in [4.69, 9.17) is 4.74 Å². The number of phenolic OH excluding ortho intramolecular Hbond substituents is 1. The molecule has 0 atom stereocenters. The zero-order chi connectivity index (χ0) is 13.2. The van der Waals surface area contributed by atoms with Gasteiger partial charge in [0.2, 0.25) is 0 Å². The predicted octanol–water partition coefficient (Wildman–Crippen LogP) is 4.22. The van der Waals surface area contributed by atoms with E-state index < -0.39 is 0 Å². The van der Waals surface area contributed by atoms with Crippen molar-refractivity contribution in [1.29, 1.82) is 0 Å². The van der Waals surface area contributed by atoms with Gasteiger partial charge in [0, 0.05) is 6.07 Å². The number of phenols is 1. The predicted molar refractivity (Wildman–Crippen MR) is 77.6 cm³/mol. The molecule has 19 heavy (non-hydrogen) atoms. The summed E-state index contributed by atoms with van der Waals surface area (Å²) in [7, 11) is 1.60. The fraction of sp³-hybridized carbons (Fsp3) is 0.0588. The van der Waals surface area contributed by atoms with Crippen LogP contribution >= 0.6 is 0 Å². The molecule has 0 radical (unpaired) electrons. The lowest BCUT2D eigenvalue weighted by atomic mass is 10.0. The number of aromatic hydroxyl groups is 1. The van der Waals surface area contributed by atoms with Crippen LogP contribution in [-0.2, 0) is 0 Å². The van der Waals surface area contributed by atoms with Gasteiger partial charge in [-0.15, -0.1) is 0 Å². The number of hydrogen-bond donors (Lipinski definition) is 1. The van der Waals surface area contributed by atoms with E-state index in [9.17, 15) is 5.11 Å². The summed E-state index contributed by atoms with van der Waals surface area (Å²) in [4.78, 5) is 0. The third kappa shape index (κ3) is 2.25. The number of benzene rings is 3. The number of ether oxygens (including phenoxy) is 1. The van der Waals surface area contributed by atoms with Crippen molar-refractivity contribution in [1.82, 2.24) is 0 Å². The maximum absolute atomic E-state index is 9.72. The molecule has 0 amide bonds. The highest BCUT2D eigenvalue weighted by Crippen LogP contribution is 2.30. The van der Waals surface area contributed by atoms with E-state index in [1.54, 1.807) is 19.2 Å². The second kappa shape index (κ2) is 4.65. The minimum absolute atomic E-state index is 0.211. The molecule has 0 saturated heterocycles. The zero-order valence-electron chi connectivity index (χ0n) is 10.6. The van der Waals surface area contributed by atoms with Gasteiger partial charge in [-0.1, -0.05) is 36.4 Å². The molecule has 3 rings (SSSR count). The van der Waals surface area contributed by atoms with E-state index in [-0.39, 0.29) is 5.75 Å². The Morgan fingerprint density at radius 3 is 2.37 bits per heavy atom. The third-order valence-corrected chi connectivity index (χ3v) is 3.21.